The molecule has 0 aliphatic rings. The molecule has 0 bridgehead atoms. The molecule has 0 saturated heterocycles. The highest BCUT2D eigenvalue weighted by atomic mass is 35.5. The summed E-state index contributed by atoms with van der Waals surface area (Å²) in [6.45, 7) is 1.22. The third-order valence-corrected chi connectivity index (χ3v) is 3.86. The molecule has 2 aromatic carbocycles. The fourth-order valence-electron chi connectivity index (χ4n) is 2.01. The molecular formula is C17H17Cl2FN2O. The lowest BCUT2D eigenvalue weighted by Crippen LogP contribution is -2.34. The van der Waals surface area contributed by atoms with E-state index in [4.69, 9.17) is 23.2 Å². The van der Waals surface area contributed by atoms with Gasteiger partial charge in [0.25, 0.3) is 0 Å². The van der Waals surface area contributed by atoms with Gasteiger partial charge in [0.05, 0.1) is 6.54 Å². The molecule has 0 radical (unpaired) electrons. The summed E-state index contributed by atoms with van der Waals surface area (Å²) in [4.78, 5) is 11.7. The first-order valence-electron chi connectivity index (χ1n) is 7.20. The van der Waals surface area contributed by atoms with Crippen LogP contribution in [0.25, 0.3) is 0 Å². The summed E-state index contributed by atoms with van der Waals surface area (Å²) in [5.41, 5.74) is 1.84. The molecule has 2 aromatic rings. The summed E-state index contributed by atoms with van der Waals surface area (Å²) in [7, 11) is 0. The van der Waals surface area contributed by atoms with Crippen LogP contribution in [0.1, 0.15) is 11.1 Å². The van der Waals surface area contributed by atoms with E-state index in [1.807, 2.05) is 6.07 Å². The SMILES string of the molecule is O=C(CNCCc1ccc(Cl)cc1Cl)NCc1ccc(F)cc1. The molecule has 6 heteroatoms. The lowest BCUT2D eigenvalue weighted by atomic mass is 10.1. The Morgan fingerprint density at radius 1 is 1.09 bits per heavy atom. The molecule has 0 atom stereocenters. The van der Waals surface area contributed by atoms with E-state index in [0.717, 1.165) is 11.1 Å². The molecule has 0 aliphatic carbocycles. The molecule has 0 spiro atoms. The topological polar surface area (TPSA) is 41.1 Å². The zero-order valence-corrected chi connectivity index (χ0v) is 13.9. The Labute approximate surface area is 144 Å². The number of rotatable bonds is 7. The maximum atomic E-state index is 12.8. The third kappa shape index (κ3) is 6.18. The van der Waals surface area contributed by atoms with Crippen molar-refractivity contribution in [1.82, 2.24) is 10.6 Å². The van der Waals surface area contributed by atoms with Crippen molar-refractivity contribution in [3.63, 3.8) is 0 Å². The monoisotopic (exact) mass is 354 g/mol. The fourth-order valence-corrected chi connectivity index (χ4v) is 2.52. The van der Waals surface area contributed by atoms with Gasteiger partial charge in [-0.25, -0.2) is 4.39 Å². The van der Waals surface area contributed by atoms with Crippen LogP contribution in [0.5, 0.6) is 0 Å². The van der Waals surface area contributed by atoms with Crippen LogP contribution >= 0.6 is 23.2 Å². The van der Waals surface area contributed by atoms with Crippen LogP contribution in [0.3, 0.4) is 0 Å². The van der Waals surface area contributed by atoms with E-state index in [1.54, 1.807) is 24.3 Å². The highest BCUT2D eigenvalue weighted by Gasteiger charge is 2.03. The summed E-state index contributed by atoms with van der Waals surface area (Å²) in [5.74, 6) is -0.404. The molecule has 0 saturated carbocycles. The first kappa shape index (κ1) is 17.7. The van der Waals surface area contributed by atoms with Gasteiger partial charge in [0, 0.05) is 16.6 Å². The number of nitrogens with one attached hydrogen (secondary N) is 2. The second-order valence-electron chi connectivity index (χ2n) is 5.07. The van der Waals surface area contributed by atoms with Gasteiger partial charge in [-0.05, 0) is 48.4 Å². The molecule has 0 aliphatic heterocycles. The average Bonchev–Trinajstić information content (AvgIpc) is 2.52. The minimum absolute atomic E-state index is 0.114. The Kier molecular flexibility index (Phi) is 6.84. The van der Waals surface area contributed by atoms with Crippen molar-refractivity contribution >= 4 is 29.1 Å². The highest BCUT2D eigenvalue weighted by molar-refractivity contribution is 6.35. The molecule has 23 heavy (non-hydrogen) atoms. The van der Waals surface area contributed by atoms with Gasteiger partial charge < -0.3 is 10.6 Å². The lowest BCUT2D eigenvalue weighted by Gasteiger charge is -2.08. The molecule has 0 heterocycles. The number of hydrogen-bond acceptors (Lipinski definition) is 2. The minimum atomic E-state index is -0.289. The first-order chi connectivity index (χ1) is 11.0. The van der Waals surface area contributed by atoms with Gasteiger partial charge in [-0.1, -0.05) is 41.4 Å². The van der Waals surface area contributed by atoms with Crippen molar-refractivity contribution in [2.24, 2.45) is 0 Å². The van der Waals surface area contributed by atoms with Gasteiger partial charge >= 0.3 is 0 Å². The van der Waals surface area contributed by atoms with Crippen molar-refractivity contribution in [2.45, 2.75) is 13.0 Å². The van der Waals surface area contributed by atoms with Gasteiger partial charge in [0.15, 0.2) is 0 Å². The number of halogens is 3. The van der Waals surface area contributed by atoms with E-state index < -0.39 is 0 Å². The summed E-state index contributed by atoms with van der Waals surface area (Å²) in [6.07, 6.45) is 0.710. The average molecular weight is 355 g/mol. The fraction of sp³-hybridized carbons (Fsp3) is 0.235. The van der Waals surface area contributed by atoms with Crippen LogP contribution in [0.15, 0.2) is 42.5 Å². The van der Waals surface area contributed by atoms with Gasteiger partial charge in [0.1, 0.15) is 5.82 Å². The van der Waals surface area contributed by atoms with Gasteiger partial charge in [0.2, 0.25) is 5.91 Å². The molecule has 3 nitrogen and oxygen atoms in total. The zero-order chi connectivity index (χ0) is 16.7. The van der Waals surface area contributed by atoms with E-state index in [-0.39, 0.29) is 18.3 Å². The second kappa shape index (κ2) is 8.87. The maximum absolute atomic E-state index is 12.8. The standard InChI is InChI=1S/C17H17Cl2FN2O/c18-14-4-3-13(16(19)9-14)7-8-21-11-17(23)22-10-12-1-5-15(20)6-2-12/h1-6,9,21H,7-8,10-11H2,(H,22,23). The van der Waals surface area contributed by atoms with E-state index in [9.17, 15) is 9.18 Å². The van der Waals surface area contributed by atoms with Gasteiger partial charge in [-0.15, -0.1) is 0 Å². The van der Waals surface area contributed by atoms with Crippen molar-refractivity contribution < 1.29 is 9.18 Å². The van der Waals surface area contributed by atoms with E-state index in [1.165, 1.54) is 12.1 Å². The van der Waals surface area contributed by atoms with Crippen LogP contribution in [0.4, 0.5) is 4.39 Å². The lowest BCUT2D eigenvalue weighted by molar-refractivity contribution is -0.120. The number of hydrogen-bond donors (Lipinski definition) is 2. The molecule has 2 N–H and O–H groups in total. The number of amides is 1. The Balaban J connectivity index is 1.65. The quantitative estimate of drug-likeness (QED) is 0.746. The normalized spacial score (nSPS) is 10.6. The predicted octanol–water partition coefficient (Wildman–Crippen LogP) is 3.58. The Hall–Kier alpha value is -1.62. The van der Waals surface area contributed by atoms with Crippen molar-refractivity contribution in [3.05, 3.63) is 69.5 Å². The molecule has 0 fully saturated rings. The first-order valence-corrected chi connectivity index (χ1v) is 7.96. The summed E-state index contributed by atoms with van der Waals surface area (Å²) < 4.78 is 12.8. The van der Waals surface area contributed by atoms with Crippen LogP contribution in [0, 0.1) is 5.82 Å². The molecule has 0 unspecified atom stereocenters. The summed E-state index contributed by atoms with van der Waals surface area (Å²) >= 11 is 11.9. The summed E-state index contributed by atoms with van der Waals surface area (Å²) in [5, 5.41) is 7.05. The van der Waals surface area contributed by atoms with Gasteiger partial charge in [-0.2, -0.15) is 0 Å². The second-order valence-corrected chi connectivity index (χ2v) is 5.91. The van der Waals surface area contributed by atoms with E-state index in [2.05, 4.69) is 10.6 Å². The maximum Gasteiger partial charge on any atom is 0.234 e. The zero-order valence-electron chi connectivity index (χ0n) is 12.4. The molecule has 1 amide bonds. The van der Waals surface area contributed by atoms with Crippen LogP contribution in [-0.2, 0) is 17.8 Å². The highest BCUT2D eigenvalue weighted by Crippen LogP contribution is 2.20. The number of carbonyl (C=O) groups is 1. The predicted molar refractivity (Wildman–Crippen MR) is 91.3 cm³/mol. The Morgan fingerprint density at radius 2 is 1.83 bits per heavy atom. The third-order valence-electron chi connectivity index (χ3n) is 3.27. The Bertz CT molecular complexity index is 662. The van der Waals surface area contributed by atoms with E-state index in [0.29, 0.717) is 29.6 Å². The largest absolute Gasteiger partial charge is 0.351 e. The molecular weight excluding hydrogens is 338 g/mol. The Morgan fingerprint density at radius 3 is 2.52 bits per heavy atom. The minimum Gasteiger partial charge on any atom is -0.351 e. The van der Waals surface area contributed by atoms with Crippen LogP contribution < -0.4 is 10.6 Å². The van der Waals surface area contributed by atoms with Crippen molar-refractivity contribution in [1.29, 1.82) is 0 Å². The molecule has 2 rings (SSSR count). The van der Waals surface area contributed by atoms with Crippen LogP contribution in [0.2, 0.25) is 10.0 Å². The summed E-state index contributed by atoms with van der Waals surface area (Å²) in [6, 6.07) is 11.4. The number of benzene rings is 2. The molecule has 0 aromatic heterocycles. The van der Waals surface area contributed by atoms with E-state index >= 15 is 0 Å². The number of carbonyl (C=O) groups excluding carboxylic acids is 1. The van der Waals surface area contributed by atoms with Gasteiger partial charge in [-0.3, -0.25) is 4.79 Å². The smallest absolute Gasteiger partial charge is 0.234 e. The molecule has 122 valence electrons. The van der Waals surface area contributed by atoms with Crippen molar-refractivity contribution in [3.8, 4) is 0 Å². The van der Waals surface area contributed by atoms with Crippen molar-refractivity contribution in [2.75, 3.05) is 13.1 Å². The van der Waals surface area contributed by atoms with Crippen LogP contribution in [-0.4, -0.2) is 19.0 Å².